The van der Waals surface area contributed by atoms with Gasteiger partial charge < -0.3 is 15.0 Å². The second-order valence-electron chi connectivity index (χ2n) is 8.26. The average Bonchev–Trinajstić information content (AvgIpc) is 2.93. The molecule has 1 atom stereocenters. The van der Waals surface area contributed by atoms with E-state index in [-0.39, 0.29) is 29.3 Å². The van der Waals surface area contributed by atoms with E-state index >= 15 is 0 Å². The van der Waals surface area contributed by atoms with Crippen LogP contribution in [0.2, 0.25) is 10.0 Å². The number of carbonyl (C=O) groups is 2. The molecule has 0 aliphatic heterocycles. The van der Waals surface area contributed by atoms with Crippen molar-refractivity contribution in [2.45, 2.75) is 30.8 Å². The number of para-hydroxylation sites is 2. The van der Waals surface area contributed by atoms with Crippen molar-refractivity contribution in [1.82, 2.24) is 10.2 Å². The summed E-state index contributed by atoms with van der Waals surface area (Å²) in [4.78, 5) is 28.1. The van der Waals surface area contributed by atoms with Crippen molar-refractivity contribution in [2.24, 2.45) is 0 Å². The fourth-order valence-electron chi connectivity index (χ4n) is 4.01. The molecule has 3 aromatic rings. The van der Waals surface area contributed by atoms with Gasteiger partial charge in [0.15, 0.2) is 0 Å². The highest BCUT2D eigenvalue weighted by Crippen LogP contribution is 2.33. The molecule has 0 aromatic heterocycles. The quantitative estimate of drug-likeness (QED) is 0.354. The normalized spacial score (nSPS) is 11.9. The maximum absolute atomic E-state index is 14.0. The minimum atomic E-state index is -4.21. The highest BCUT2D eigenvalue weighted by Gasteiger charge is 2.34. The second kappa shape index (κ2) is 13.0. The molecule has 0 bridgehead atoms. The van der Waals surface area contributed by atoms with Crippen molar-refractivity contribution in [3.8, 4) is 5.75 Å². The highest BCUT2D eigenvalue weighted by atomic mass is 35.5. The predicted octanol–water partition coefficient (Wildman–Crippen LogP) is 4.75. The summed E-state index contributed by atoms with van der Waals surface area (Å²) in [7, 11) is -1.33. The second-order valence-corrected chi connectivity index (χ2v) is 10.9. The third kappa shape index (κ3) is 6.40. The third-order valence-corrected chi connectivity index (χ3v) is 8.47. The van der Waals surface area contributed by atoms with E-state index in [2.05, 4.69) is 5.32 Å². The van der Waals surface area contributed by atoms with Crippen LogP contribution in [-0.2, 0) is 26.2 Å². The average molecular weight is 579 g/mol. The topological polar surface area (TPSA) is 96.0 Å². The van der Waals surface area contributed by atoms with Crippen LogP contribution in [0.25, 0.3) is 0 Å². The number of hydrogen-bond donors (Lipinski definition) is 1. The van der Waals surface area contributed by atoms with E-state index in [1.165, 1.54) is 31.2 Å². The summed E-state index contributed by atoms with van der Waals surface area (Å²) in [5.41, 5.74) is 0.622. The number of likely N-dealkylation sites (N-methyl/N-ethyl adjacent to an activating group) is 1. The van der Waals surface area contributed by atoms with Crippen molar-refractivity contribution in [3.05, 3.63) is 88.4 Å². The largest absolute Gasteiger partial charge is 0.495 e. The van der Waals surface area contributed by atoms with Crippen LogP contribution in [0, 0.1) is 0 Å². The lowest BCUT2D eigenvalue weighted by atomic mass is 10.1. The number of anilines is 1. The van der Waals surface area contributed by atoms with E-state index in [0.29, 0.717) is 15.6 Å². The summed E-state index contributed by atoms with van der Waals surface area (Å²) in [6.45, 7) is 1.05. The minimum Gasteiger partial charge on any atom is -0.495 e. The zero-order chi connectivity index (χ0) is 27.9. The molecule has 1 unspecified atom stereocenters. The van der Waals surface area contributed by atoms with Gasteiger partial charge in [-0.15, -0.1) is 0 Å². The number of amides is 2. The molecule has 202 valence electrons. The third-order valence-electron chi connectivity index (χ3n) is 5.99. The molecule has 0 fully saturated rings. The fourth-order valence-corrected chi connectivity index (χ4v) is 5.97. The molecule has 3 rings (SSSR count). The Kier molecular flexibility index (Phi) is 10.0. The summed E-state index contributed by atoms with van der Waals surface area (Å²) in [5, 5.41) is 3.21. The SMILES string of the molecule is CCC(C(=O)NC)N(Cc1c(Cl)cccc1Cl)C(=O)CN(c1ccccc1OC)S(=O)(=O)c1ccccc1. The van der Waals surface area contributed by atoms with Crippen molar-refractivity contribution >= 4 is 50.7 Å². The maximum atomic E-state index is 14.0. The highest BCUT2D eigenvalue weighted by molar-refractivity contribution is 7.92. The number of hydrogen-bond acceptors (Lipinski definition) is 5. The Labute approximate surface area is 233 Å². The first kappa shape index (κ1) is 29.3. The first-order chi connectivity index (χ1) is 18.1. The zero-order valence-electron chi connectivity index (χ0n) is 21.2. The molecule has 8 nitrogen and oxygen atoms in total. The van der Waals surface area contributed by atoms with Gasteiger partial charge in [0.1, 0.15) is 18.3 Å². The lowest BCUT2D eigenvalue weighted by Crippen LogP contribution is -2.51. The van der Waals surface area contributed by atoms with Crippen molar-refractivity contribution in [2.75, 3.05) is 25.0 Å². The van der Waals surface area contributed by atoms with Crippen molar-refractivity contribution in [1.29, 1.82) is 0 Å². The number of rotatable bonds is 11. The Morgan fingerprint density at radius 3 is 2.13 bits per heavy atom. The van der Waals surface area contributed by atoms with Crippen LogP contribution in [0.5, 0.6) is 5.75 Å². The maximum Gasteiger partial charge on any atom is 0.264 e. The summed E-state index contributed by atoms with van der Waals surface area (Å²) in [6.07, 6.45) is 0.271. The smallest absolute Gasteiger partial charge is 0.264 e. The molecule has 0 spiro atoms. The number of carbonyl (C=O) groups excluding carboxylic acids is 2. The van der Waals surface area contributed by atoms with Gasteiger partial charge in [0, 0.05) is 29.2 Å². The number of halogens is 2. The molecule has 0 aliphatic carbocycles. The number of benzene rings is 3. The van der Waals surface area contributed by atoms with Crippen LogP contribution < -0.4 is 14.4 Å². The molecule has 0 saturated carbocycles. The fraction of sp³-hybridized carbons (Fsp3) is 0.259. The van der Waals surface area contributed by atoms with E-state index in [9.17, 15) is 18.0 Å². The van der Waals surface area contributed by atoms with Gasteiger partial charge in [0.05, 0.1) is 17.7 Å². The van der Waals surface area contributed by atoms with E-state index in [0.717, 1.165) is 4.31 Å². The number of sulfonamides is 1. The van der Waals surface area contributed by atoms with E-state index < -0.39 is 34.4 Å². The number of nitrogens with one attached hydrogen (secondary N) is 1. The van der Waals surface area contributed by atoms with Crippen molar-refractivity contribution in [3.63, 3.8) is 0 Å². The van der Waals surface area contributed by atoms with Crippen molar-refractivity contribution < 1.29 is 22.7 Å². The molecule has 0 aliphatic rings. The Bertz CT molecular complexity index is 1370. The Hall–Kier alpha value is -3.27. The summed E-state index contributed by atoms with van der Waals surface area (Å²) >= 11 is 12.8. The molecule has 1 N–H and O–H groups in total. The first-order valence-corrected chi connectivity index (χ1v) is 14.0. The molecular formula is C27H29Cl2N3O5S. The van der Waals surface area contributed by atoms with Crippen LogP contribution in [0.15, 0.2) is 77.7 Å². The Balaban J connectivity index is 2.13. The van der Waals surface area contributed by atoms with Gasteiger partial charge in [0.2, 0.25) is 11.8 Å². The Morgan fingerprint density at radius 2 is 1.55 bits per heavy atom. The monoisotopic (exact) mass is 577 g/mol. The van der Waals surface area contributed by atoms with Crippen LogP contribution in [-0.4, -0.2) is 51.9 Å². The summed E-state index contributed by atoms with van der Waals surface area (Å²) < 4.78 is 34.1. The van der Waals surface area contributed by atoms with Gasteiger partial charge in [-0.2, -0.15) is 0 Å². The Morgan fingerprint density at radius 1 is 0.947 bits per heavy atom. The number of methoxy groups -OCH3 is 1. The molecule has 0 heterocycles. The van der Waals surface area contributed by atoms with Gasteiger partial charge in [-0.25, -0.2) is 8.42 Å². The standard InChI is InChI=1S/C27H29Cl2N3O5S/c1-4-23(27(34)30-2)31(17-20-21(28)13-10-14-22(20)29)26(33)18-32(24-15-8-9-16-25(24)37-3)38(35,36)19-11-6-5-7-12-19/h5-16,23H,4,17-18H2,1-3H3,(H,30,34). The summed E-state index contributed by atoms with van der Waals surface area (Å²) in [6, 6.07) is 18.3. The van der Waals surface area contributed by atoms with Gasteiger partial charge in [0.25, 0.3) is 10.0 Å². The summed E-state index contributed by atoms with van der Waals surface area (Å²) in [5.74, 6) is -0.764. The lowest BCUT2D eigenvalue weighted by molar-refractivity contribution is -0.140. The number of nitrogens with zero attached hydrogens (tertiary/aromatic N) is 2. The minimum absolute atomic E-state index is 0.00209. The zero-order valence-corrected chi connectivity index (χ0v) is 23.6. The molecular weight excluding hydrogens is 549 g/mol. The van der Waals surface area contributed by atoms with E-state index in [4.69, 9.17) is 27.9 Å². The number of ether oxygens (including phenoxy) is 1. The van der Waals surface area contributed by atoms with E-state index in [1.54, 1.807) is 67.6 Å². The molecule has 0 radical (unpaired) electrons. The molecule has 11 heteroatoms. The van der Waals surface area contributed by atoms with E-state index in [1.807, 2.05) is 0 Å². The van der Waals surface area contributed by atoms with Gasteiger partial charge >= 0.3 is 0 Å². The lowest BCUT2D eigenvalue weighted by Gasteiger charge is -2.33. The molecule has 3 aromatic carbocycles. The van der Waals surface area contributed by atoms with Gasteiger partial charge in [-0.3, -0.25) is 13.9 Å². The molecule has 38 heavy (non-hydrogen) atoms. The van der Waals surface area contributed by atoms with Crippen LogP contribution in [0.1, 0.15) is 18.9 Å². The molecule has 2 amide bonds. The van der Waals surface area contributed by atoms with Crippen LogP contribution in [0.3, 0.4) is 0 Å². The van der Waals surface area contributed by atoms with Gasteiger partial charge in [-0.1, -0.05) is 66.5 Å². The molecule has 0 saturated heterocycles. The first-order valence-electron chi connectivity index (χ1n) is 11.8. The predicted molar refractivity (Wildman–Crippen MR) is 149 cm³/mol. The van der Waals surface area contributed by atoms with Gasteiger partial charge in [-0.05, 0) is 42.8 Å². The van der Waals surface area contributed by atoms with Crippen LogP contribution >= 0.6 is 23.2 Å². The van der Waals surface area contributed by atoms with Crippen LogP contribution in [0.4, 0.5) is 5.69 Å².